The van der Waals surface area contributed by atoms with E-state index >= 15 is 0 Å². The third kappa shape index (κ3) is 3.52. The Hall–Kier alpha value is -0.190. The first-order chi connectivity index (χ1) is 9.63. The molecule has 20 heavy (non-hydrogen) atoms. The van der Waals surface area contributed by atoms with Crippen LogP contribution in [0.5, 0.6) is 0 Å². The van der Waals surface area contributed by atoms with Crippen LogP contribution in [0.1, 0.15) is 22.2 Å². The van der Waals surface area contributed by atoms with Crippen molar-refractivity contribution in [3.05, 3.63) is 57.5 Å². The lowest BCUT2D eigenvalue weighted by Crippen LogP contribution is -2.32. The summed E-state index contributed by atoms with van der Waals surface area (Å²) in [4.78, 5) is 2.79. The Kier molecular flexibility index (Phi) is 5.82. The molecule has 1 aromatic carbocycles. The van der Waals surface area contributed by atoms with Crippen molar-refractivity contribution in [1.29, 1.82) is 0 Å². The summed E-state index contributed by atoms with van der Waals surface area (Å²) in [5, 5.41) is 1.69. The van der Waals surface area contributed by atoms with Crippen molar-refractivity contribution in [2.45, 2.75) is 25.2 Å². The molecule has 0 spiro atoms. The van der Waals surface area contributed by atoms with Crippen molar-refractivity contribution in [2.24, 2.45) is 0 Å². The number of aryl methyl sites for hydroxylation is 1. The smallest absolute Gasteiger partial charge is 0.123 e. The minimum absolute atomic E-state index is 0.0381. The van der Waals surface area contributed by atoms with Crippen LogP contribution in [0.3, 0.4) is 0 Å². The highest BCUT2D eigenvalue weighted by molar-refractivity contribution is 9.09. The zero-order chi connectivity index (χ0) is 14.6. The van der Waals surface area contributed by atoms with Gasteiger partial charge in [0.25, 0.3) is 0 Å². The number of hydrogen-bond acceptors (Lipinski definition) is 1. The number of alkyl halides is 2. The highest BCUT2D eigenvalue weighted by atomic mass is 79.9. The summed E-state index contributed by atoms with van der Waals surface area (Å²) < 4.78 is 13.1. The summed E-state index contributed by atoms with van der Waals surface area (Å²) in [6, 6.07) is 11.3. The lowest BCUT2D eigenvalue weighted by molar-refractivity contribution is 0.552. The van der Waals surface area contributed by atoms with Crippen LogP contribution in [-0.4, -0.2) is 10.7 Å². The number of hydrogen-bond donors (Lipinski definition) is 0. The van der Waals surface area contributed by atoms with Crippen molar-refractivity contribution in [3.8, 4) is 0 Å². The Morgan fingerprint density at radius 2 is 1.60 bits per heavy atom. The van der Waals surface area contributed by atoms with Gasteiger partial charge in [-0.15, -0.1) is 11.3 Å². The molecule has 0 radical (unpaired) electrons. The van der Waals surface area contributed by atoms with Crippen LogP contribution >= 0.6 is 43.2 Å². The van der Waals surface area contributed by atoms with Gasteiger partial charge in [-0.05, 0) is 42.7 Å². The Morgan fingerprint density at radius 3 is 2.10 bits per heavy atom. The molecule has 108 valence electrons. The maximum Gasteiger partial charge on any atom is 0.123 e. The van der Waals surface area contributed by atoms with Crippen molar-refractivity contribution in [1.82, 2.24) is 0 Å². The summed E-state index contributed by atoms with van der Waals surface area (Å²) in [6.07, 6.45) is 2.04. The van der Waals surface area contributed by atoms with Crippen LogP contribution in [0.4, 0.5) is 4.39 Å². The molecule has 0 atom stereocenters. The zero-order valence-corrected chi connectivity index (χ0v) is 15.3. The van der Waals surface area contributed by atoms with Crippen LogP contribution in [0.15, 0.2) is 36.4 Å². The van der Waals surface area contributed by atoms with Gasteiger partial charge in [0.05, 0.1) is 0 Å². The molecule has 0 amide bonds. The molecule has 0 saturated heterocycles. The summed E-state index contributed by atoms with van der Waals surface area (Å²) in [6.45, 7) is 2.18. The van der Waals surface area contributed by atoms with E-state index in [0.29, 0.717) is 0 Å². The van der Waals surface area contributed by atoms with E-state index in [0.717, 1.165) is 23.5 Å². The van der Waals surface area contributed by atoms with Crippen LogP contribution in [0.2, 0.25) is 0 Å². The highest BCUT2D eigenvalue weighted by Crippen LogP contribution is 2.35. The maximum absolute atomic E-state index is 13.1. The zero-order valence-electron chi connectivity index (χ0n) is 11.3. The van der Waals surface area contributed by atoms with Crippen LogP contribution in [0.25, 0.3) is 0 Å². The first kappa shape index (κ1) is 16.2. The van der Waals surface area contributed by atoms with Crippen LogP contribution in [0, 0.1) is 5.82 Å². The molecule has 0 nitrogen and oxygen atoms in total. The van der Waals surface area contributed by atoms with Gasteiger partial charge in [0.2, 0.25) is 0 Å². The van der Waals surface area contributed by atoms with Crippen molar-refractivity contribution < 1.29 is 4.39 Å². The van der Waals surface area contributed by atoms with Gasteiger partial charge >= 0.3 is 0 Å². The molecule has 0 aliphatic carbocycles. The SMILES string of the molecule is CCc1ccc(CC(CBr)(CBr)c2ccc(F)cc2)s1. The molecule has 0 unspecified atom stereocenters. The largest absolute Gasteiger partial charge is 0.207 e. The molecule has 0 bridgehead atoms. The summed E-state index contributed by atoms with van der Waals surface area (Å²) in [5.41, 5.74) is 1.13. The minimum Gasteiger partial charge on any atom is -0.207 e. The lowest BCUT2D eigenvalue weighted by atomic mass is 9.81. The van der Waals surface area contributed by atoms with E-state index in [1.54, 1.807) is 12.1 Å². The average Bonchev–Trinajstić information content (AvgIpc) is 2.93. The molecule has 1 heterocycles. The second-order valence-corrected chi connectivity index (χ2v) is 7.33. The Morgan fingerprint density at radius 1 is 1.00 bits per heavy atom. The molecule has 0 aliphatic heterocycles. The normalized spacial score (nSPS) is 11.8. The summed E-state index contributed by atoms with van der Waals surface area (Å²) >= 11 is 9.17. The fourth-order valence-corrected chi connectivity index (χ4v) is 5.31. The average molecular weight is 420 g/mol. The molecule has 1 aromatic heterocycles. The molecule has 0 aliphatic rings. The lowest BCUT2D eigenvalue weighted by Gasteiger charge is -2.30. The molecule has 0 fully saturated rings. The number of rotatable bonds is 6. The fraction of sp³-hybridized carbons (Fsp3) is 0.375. The standard InChI is InChI=1S/C16H17Br2FS/c1-2-14-7-8-15(20-14)9-16(10-17,11-18)12-3-5-13(19)6-4-12/h3-8H,2,9-11H2,1H3. The van der Waals surface area contributed by atoms with E-state index in [2.05, 4.69) is 50.9 Å². The van der Waals surface area contributed by atoms with Gasteiger partial charge in [-0.2, -0.15) is 0 Å². The maximum atomic E-state index is 13.1. The van der Waals surface area contributed by atoms with Crippen LogP contribution < -0.4 is 0 Å². The number of benzene rings is 1. The molecular formula is C16H17Br2FS. The van der Waals surface area contributed by atoms with Gasteiger partial charge in [0.1, 0.15) is 5.82 Å². The van der Waals surface area contributed by atoms with Gasteiger partial charge in [-0.25, -0.2) is 4.39 Å². The third-order valence-electron chi connectivity index (χ3n) is 3.55. The monoisotopic (exact) mass is 418 g/mol. The van der Waals surface area contributed by atoms with E-state index in [1.165, 1.54) is 15.3 Å². The van der Waals surface area contributed by atoms with E-state index in [4.69, 9.17) is 0 Å². The van der Waals surface area contributed by atoms with Gasteiger partial charge in [-0.3, -0.25) is 0 Å². The first-order valence-electron chi connectivity index (χ1n) is 6.59. The van der Waals surface area contributed by atoms with E-state index in [-0.39, 0.29) is 11.2 Å². The fourth-order valence-electron chi connectivity index (χ4n) is 2.23. The van der Waals surface area contributed by atoms with Crippen molar-refractivity contribution in [3.63, 3.8) is 0 Å². The topological polar surface area (TPSA) is 0 Å². The third-order valence-corrected chi connectivity index (χ3v) is 6.92. The first-order valence-corrected chi connectivity index (χ1v) is 9.65. The summed E-state index contributed by atoms with van der Waals surface area (Å²) in [7, 11) is 0. The number of halogens is 3. The number of thiophene rings is 1. The van der Waals surface area contributed by atoms with E-state index < -0.39 is 0 Å². The highest BCUT2D eigenvalue weighted by Gasteiger charge is 2.31. The molecule has 0 N–H and O–H groups in total. The van der Waals surface area contributed by atoms with Crippen molar-refractivity contribution >= 4 is 43.2 Å². The molecule has 0 saturated carbocycles. The second-order valence-electron chi connectivity index (χ2n) is 4.95. The van der Waals surface area contributed by atoms with E-state index in [9.17, 15) is 4.39 Å². The van der Waals surface area contributed by atoms with Crippen LogP contribution in [-0.2, 0) is 18.3 Å². The van der Waals surface area contributed by atoms with Gasteiger partial charge in [-0.1, -0.05) is 50.9 Å². The second kappa shape index (κ2) is 7.19. The van der Waals surface area contributed by atoms with Crippen molar-refractivity contribution in [2.75, 3.05) is 10.7 Å². The molecule has 2 rings (SSSR count). The summed E-state index contributed by atoms with van der Waals surface area (Å²) in [5.74, 6) is -0.184. The Labute approximate surface area is 140 Å². The predicted molar refractivity (Wildman–Crippen MR) is 93.1 cm³/mol. The van der Waals surface area contributed by atoms with Gasteiger partial charge < -0.3 is 0 Å². The van der Waals surface area contributed by atoms with E-state index in [1.807, 2.05) is 23.5 Å². The van der Waals surface area contributed by atoms with Gasteiger partial charge in [0, 0.05) is 25.8 Å². The Balaban J connectivity index is 2.31. The van der Waals surface area contributed by atoms with Gasteiger partial charge in [0.15, 0.2) is 0 Å². The molecule has 4 heteroatoms. The molecule has 2 aromatic rings. The Bertz CT molecular complexity index is 544. The quantitative estimate of drug-likeness (QED) is 0.525. The molecular weight excluding hydrogens is 403 g/mol. The predicted octanol–water partition coefficient (Wildman–Crippen LogP) is 5.72. The minimum atomic E-state index is -0.184.